The van der Waals surface area contributed by atoms with Gasteiger partial charge in [0.1, 0.15) is 5.69 Å². The van der Waals surface area contributed by atoms with Crippen molar-refractivity contribution in [3.05, 3.63) is 35.3 Å². The molecule has 0 saturated carbocycles. The van der Waals surface area contributed by atoms with E-state index in [-0.39, 0.29) is 18.3 Å². The number of aromatic nitrogens is 1. The lowest BCUT2D eigenvalue weighted by molar-refractivity contribution is -0.118. The molecule has 6 nitrogen and oxygen atoms in total. The number of rotatable bonds is 7. The molecule has 1 N–H and O–H groups in total. The van der Waals surface area contributed by atoms with E-state index >= 15 is 0 Å². The first kappa shape index (κ1) is 16.0. The van der Waals surface area contributed by atoms with Crippen molar-refractivity contribution in [3.63, 3.8) is 0 Å². The molecule has 22 heavy (non-hydrogen) atoms. The fourth-order valence-electron chi connectivity index (χ4n) is 1.64. The Balaban J connectivity index is 1.91. The summed E-state index contributed by atoms with van der Waals surface area (Å²) in [5.41, 5.74) is 0.336. The normalized spacial score (nSPS) is 10.1. The predicted octanol–water partition coefficient (Wildman–Crippen LogP) is 2.76. The molecule has 0 fully saturated rings. The van der Waals surface area contributed by atoms with E-state index in [9.17, 15) is 9.59 Å². The maximum atomic E-state index is 11.8. The van der Waals surface area contributed by atoms with E-state index in [1.807, 2.05) is 13.0 Å². The van der Waals surface area contributed by atoms with E-state index in [4.69, 9.17) is 9.47 Å². The second kappa shape index (κ2) is 7.56. The van der Waals surface area contributed by atoms with Gasteiger partial charge in [-0.25, -0.2) is 4.98 Å². The monoisotopic (exact) mass is 320 g/mol. The van der Waals surface area contributed by atoms with E-state index in [0.717, 1.165) is 0 Å². The molecule has 0 saturated heterocycles. The summed E-state index contributed by atoms with van der Waals surface area (Å²) < 4.78 is 10.9. The minimum absolute atomic E-state index is 0.140. The van der Waals surface area contributed by atoms with Crippen LogP contribution in [-0.4, -0.2) is 29.9 Å². The van der Waals surface area contributed by atoms with E-state index < -0.39 is 0 Å². The maximum Gasteiger partial charge on any atom is 0.264 e. The number of thiazole rings is 1. The number of benzene rings is 1. The molecular formula is C15H16N2O4S. The Morgan fingerprint density at radius 2 is 1.91 bits per heavy atom. The number of anilines is 1. The third-order valence-electron chi connectivity index (χ3n) is 2.62. The molecule has 0 radical (unpaired) electrons. The number of Topliss-reactive ketones (excluding diaryl/α,β-unsaturated/α-hetero) is 1. The lowest BCUT2D eigenvalue weighted by Crippen LogP contribution is -2.20. The molecule has 2 rings (SSSR count). The lowest BCUT2D eigenvalue weighted by atomic mass is 10.3. The van der Waals surface area contributed by atoms with E-state index in [0.29, 0.717) is 28.9 Å². The molecule has 0 aliphatic rings. The zero-order chi connectivity index (χ0) is 15.9. The first-order valence-corrected chi connectivity index (χ1v) is 7.59. The second-order valence-electron chi connectivity index (χ2n) is 4.31. The van der Waals surface area contributed by atoms with Gasteiger partial charge in [-0.15, -0.1) is 11.3 Å². The summed E-state index contributed by atoms with van der Waals surface area (Å²) in [5.74, 6) is 0.600. The Labute approximate surface area is 132 Å². The van der Waals surface area contributed by atoms with Crippen LogP contribution in [0, 0.1) is 0 Å². The third-order valence-corrected chi connectivity index (χ3v) is 3.38. The molecule has 1 amide bonds. The maximum absolute atomic E-state index is 11.8. The van der Waals surface area contributed by atoms with Crippen molar-refractivity contribution in [2.75, 3.05) is 18.5 Å². The highest BCUT2D eigenvalue weighted by Gasteiger charge is 2.11. The highest BCUT2D eigenvalue weighted by molar-refractivity contribution is 7.14. The molecular weight excluding hydrogens is 304 g/mol. The third kappa shape index (κ3) is 4.29. The minimum atomic E-state index is -0.351. The van der Waals surface area contributed by atoms with E-state index in [1.54, 1.807) is 23.6 Å². The van der Waals surface area contributed by atoms with Crippen molar-refractivity contribution < 1.29 is 19.1 Å². The number of ether oxygens (including phenoxy) is 2. The molecule has 1 aromatic carbocycles. The second-order valence-corrected chi connectivity index (χ2v) is 5.17. The average molecular weight is 320 g/mol. The molecule has 1 aromatic heterocycles. The molecule has 7 heteroatoms. The number of nitrogens with one attached hydrogen (secondary N) is 1. The number of carbonyl (C=O) groups is 2. The Kier molecular flexibility index (Phi) is 5.48. The number of nitrogens with zero attached hydrogens (tertiary/aromatic N) is 1. The van der Waals surface area contributed by atoms with Gasteiger partial charge in [-0.1, -0.05) is 12.1 Å². The van der Waals surface area contributed by atoms with Crippen LogP contribution in [0.1, 0.15) is 24.3 Å². The molecule has 0 aliphatic carbocycles. The van der Waals surface area contributed by atoms with Crippen molar-refractivity contribution in [2.45, 2.75) is 13.8 Å². The number of amides is 1. The SMILES string of the molecule is CCOc1ccccc1OCC(=O)Nc1nc(C(C)=O)cs1. The van der Waals surface area contributed by atoms with Crippen LogP contribution in [0.5, 0.6) is 11.5 Å². The smallest absolute Gasteiger partial charge is 0.264 e. The molecule has 0 bridgehead atoms. The standard InChI is InChI=1S/C15H16N2O4S/c1-3-20-12-6-4-5-7-13(12)21-8-14(19)17-15-16-11(9-22-15)10(2)18/h4-7,9H,3,8H2,1-2H3,(H,16,17,19). The summed E-state index contributed by atoms with van der Waals surface area (Å²) in [6, 6.07) is 7.14. The lowest BCUT2D eigenvalue weighted by Gasteiger charge is -2.10. The van der Waals surface area contributed by atoms with Crippen LogP contribution in [0.15, 0.2) is 29.6 Å². The van der Waals surface area contributed by atoms with Gasteiger partial charge in [0.15, 0.2) is 29.0 Å². The number of ketones is 1. The summed E-state index contributed by atoms with van der Waals surface area (Å²) in [6.45, 7) is 3.64. The average Bonchev–Trinajstić information content (AvgIpc) is 2.95. The van der Waals surface area contributed by atoms with Crippen molar-refractivity contribution in [1.82, 2.24) is 4.98 Å². The number of hydrogen-bond donors (Lipinski definition) is 1. The topological polar surface area (TPSA) is 77.5 Å². The van der Waals surface area contributed by atoms with Crippen LogP contribution in [0.3, 0.4) is 0 Å². The minimum Gasteiger partial charge on any atom is -0.490 e. The van der Waals surface area contributed by atoms with Gasteiger partial charge in [-0.3, -0.25) is 14.9 Å². The van der Waals surface area contributed by atoms with Gasteiger partial charge in [-0.2, -0.15) is 0 Å². The Hall–Kier alpha value is -2.41. The summed E-state index contributed by atoms with van der Waals surface area (Å²) in [5, 5.41) is 4.56. The molecule has 1 heterocycles. The van der Waals surface area contributed by atoms with Gasteiger partial charge in [0.25, 0.3) is 5.91 Å². The van der Waals surface area contributed by atoms with Crippen LogP contribution in [0.4, 0.5) is 5.13 Å². The number of para-hydroxylation sites is 2. The zero-order valence-electron chi connectivity index (χ0n) is 12.3. The van der Waals surface area contributed by atoms with Crippen molar-refractivity contribution in [2.24, 2.45) is 0 Å². The van der Waals surface area contributed by atoms with Crippen molar-refractivity contribution in [1.29, 1.82) is 0 Å². The molecule has 0 atom stereocenters. The molecule has 116 valence electrons. The van der Waals surface area contributed by atoms with Crippen LogP contribution in [-0.2, 0) is 4.79 Å². The van der Waals surface area contributed by atoms with Crippen LogP contribution >= 0.6 is 11.3 Å². The molecule has 0 unspecified atom stereocenters. The fraction of sp³-hybridized carbons (Fsp3) is 0.267. The molecule has 0 aliphatic heterocycles. The molecule has 2 aromatic rings. The van der Waals surface area contributed by atoms with Gasteiger partial charge in [0, 0.05) is 12.3 Å². The first-order valence-electron chi connectivity index (χ1n) is 6.71. The summed E-state index contributed by atoms with van der Waals surface area (Å²) >= 11 is 1.20. The quantitative estimate of drug-likeness (QED) is 0.794. The zero-order valence-corrected chi connectivity index (χ0v) is 13.1. The summed E-state index contributed by atoms with van der Waals surface area (Å²) in [7, 11) is 0. The van der Waals surface area contributed by atoms with Gasteiger partial charge in [0.2, 0.25) is 0 Å². The summed E-state index contributed by atoms with van der Waals surface area (Å²) in [4.78, 5) is 27.0. The first-order chi connectivity index (χ1) is 10.6. The van der Waals surface area contributed by atoms with E-state index in [1.165, 1.54) is 18.3 Å². The van der Waals surface area contributed by atoms with Gasteiger partial charge < -0.3 is 9.47 Å². The highest BCUT2D eigenvalue weighted by Crippen LogP contribution is 2.26. The summed E-state index contributed by atoms with van der Waals surface area (Å²) in [6.07, 6.45) is 0. The fourth-order valence-corrected chi connectivity index (χ4v) is 2.40. The Bertz CT molecular complexity index is 669. The number of hydrogen-bond acceptors (Lipinski definition) is 6. The highest BCUT2D eigenvalue weighted by atomic mass is 32.1. The van der Waals surface area contributed by atoms with Gasteiger partial charge in [0.05, 0.1) is 6.61 Å². The Morgan fingerprint density at radius 1 is 1.23 bits per heavy atom. The largest absolute Gasteiger partial charge is 0.490 e. The van der Waals surface area contributed by atoms with Gasteiger partial charge >= 0.3 is 0 Å². The number of carbonyl (C=O) groups excluding carboxylic acids is 2. The van der Waals surface area contributed by atoms with Crippen LogP contribution < -0.4 is 14.8 Å². The van der Waals surface area contributed by atoms with E-state index in [2.05, 4.69) is 10.3 Å². The predicted molar refractivity (Wildman–Crippen MR) is 83.9 cm³/mol. The van der Waals surface area contributed by atoms with Crippen LogP contribution in [0.25, 0.3) is 0 Å². The van der Waals surface area contributed by atoms with Crippen molar-refractivity contribution >= 4 is 28.2 Å². The van der Waals surface area contributed by atoms with Crippen LogP contribution in [0.2, 0.25) is 0 Å². The van der Waals surface area contributed by atoms with Crippen molar-refractivity contribution in [3.8, 4) is 11.5 Å². The Morgan fingerprint density at radius 3 is 2.50 bits per heavy atom. The molecule has 0 spiro atoms. The van der Waals surface area contributed by atoms with Gasteiger partial charge in [-0.05, 0) is 19.1 Å².